The molecule has 0 spiro atoms. The van der Waals surface area contributed by atoms with E-state index in [1.54, 1.807) is 0 Å². The molecule has 2 aliphatic heterocycles. The molecule has 2 bridgehead atoms. The van der Waals surface area contributed by atoms with Gasteiger partial charge in [0.15, 0.2) is 0 Å². The van der Waals surface area contributed by atoms with E-state index in [-0.39, 0.29) is 24.1 Å². The fourth-order valence-electron chi connectivity index (χ4n) is 5.81. The summed E-state index contributed by atoms with van der Waals surface area (Å²) in [5, 5.41) is 0. The number of hydrogen-bond acceptors (Lipinski definition) is 3. The minimum Gasteiger partial charge on any atom is -0.448 e. The second-order valence-corrected chi connectivity index (χ2v) is 9.04. The highest BCUT2D eigenvalue weighted by Gasteiger charge is 2.41. The number of aryl methyl sites for hydroxylation is 1. The number of carbonyl (C=O) groups excluding carboxylic acids is 1. The monoisotopic (exact) mass is 422 g/mol. The van der Waals surface area contributed by atoms with Crippen molar-refractivity contribution in [1.82, 2.24) is 9.88 Å². The van der Waals surface area contributed by atoms with Crippen LogP contribution in [0.25, 0.3) is 16.7 Å². The molecule has 0 saturated carbocycles. The molecule has 4 heteroatoms. The van der Waals surface area contributed by atoms with Crippen molar-refractivity contribution in [3.8, 4) is 11.1 Å². The van der Waals surface area contributed by atoms with Gasteiger partial charge in [-0.3, -0.25) is 9.88 Å². The van der Waals surface area contributed by atoms with E-state index in [4.69, 9.17) is 4.74 Å². The smallest absolute Gasteiger partial charge is 0.410 e. The Bertz CT molecular complexity index is 1190. The van der Waals surface area contributed by atoms with Crippen LogP contribution in [0.5, 0.6) is 0 Å². The average Bonchev–Trinajstić information content (AvgIpc) is 3.29. The molecule has 1 fully saturated rings. The van der Waals surface area contributed by atoms with Crippen molar-refractivity contribution in [1.29, 1.82) is 0 Å². The zero-order valence-corrected chi connectivity index (χ0v) is 18.2. The highest BCUT2D eigenvalue weighted by atomic mass is 16.6. The number of aromatic nitrogens is 1. The maximum atomic E-state index is 13.2. The molecule has 2 atom stereocenters. The van der Waals surface area contributed by atoms with Crippen molar-refractivity contribution in [3.05, 3.63) is 95.3 Å². The van der Waals surface area contributed by atoms with Crippen LogP contribution in [0.1, 0.15) is 47.6 Å². The zero-order valence-electron chi connectivity index (χ0n) is 18.2. The number of amides is 1. The molecule has 32 heavy (non-hydrogen) atoms. The van der Waals surface area contributed by atoms with Crippen LogP contribution in [-0.2, 0) is 4.74 Å². The number of nitrogens with zero attached hydrogens (tertiary/aromatic N) is 2. The average molecular weight is 423 g/mol. The maximum absolute atomic E-state index is 13.2. The normalized spacial score (nSPS) is 21.2. The second kappa shape index (κ2) is 7.63. The minimum absolute atomic E-state index is 0.0953. The van der Waals surface area contributed by atoms with Gasteiger partial charge in [0, 0.05) is 23.9 Å². The largest absolute Gasteiger partial charge is 0.448 e. The first kappa shape index (κ1) is 19.3. The summed E-state index contributed by atoms with van der Waals surface area (Å²) < 4.78 is 5.97. The van der Waals surface area contributed by atoms with Crippen molar-refractivity contribution >= 4 is 11.7 Å². The van der Waals surface area contributed by atoms with Crippen LogP contribution in [0.2, 0.25) is 0 Å². The van der Waals surface area contributed by atoms with Gasteiger partial charge in [-0.2, -0.15) is 0 Å². The fourth-order valence-corrected chi connectivity index (χ4v) is 5.81. The lowest BCUT2D eigenvalue weighted by Gasteiger charge is -2.33. The van der Waals surface area contributed by atoms with Crippen LogP contribution in [0.4, 0.5) is 4.79 Å². The van der Waals surface area contributed by atoms with Gasteiger partial charge in [-0.05, 0) is 65.6 Å². The summed E-state index contributed by atoms with van der Waals surface area (Å²) in [6.45, 7) is 2.43. The summed E-state index contributed by atoms with van der Waals surface area (Å²) in [4.78, 5) is 19.6. The van der Waals surface area contributed by atoms with E-state index in [9.17, 15) is 4.79 Å². The van der Waals surface area contributed by atoms with E-state index in [1.807, 2.05) is 17.2 Å². The summed E-state index contributed by atoms with van der Waals surface area (Å²) in [7, 11) is 0. The number of benzene rings is 2. The standard InChI is InChI=1S/C28H26N2O2/c1-18-22(11-6-14-29-18)19-15-20-12-13-21(16-19)30(20)28(31)32-17-27-25-9-4-2-7-23(25)24-8-3-5-10-26(24)27/h2-11,14-15,20-21,27H,12-13,16-17H2,1H3. The molecular formula is C28H26N2O2. The summed E-state index contributed by atoms with van der Waals surface area (Å²) in [6.07, 6.45) is 6.80. The third kappa shape index (κ3) is 3.05. The second-order valence-electron chi connectivity index (χ2n) is 9.04. The van der Waals surface area contributed by atoms with Crippen LogP contribution < -0.4 is 0 Å². The highest BCUT2D eigenvalue weighted by Crippen LogP contribution is 2.45. The van der Waals surface area contributed by atoms with Gasteiger partial charge in [0.1, 0.15) is 6.61 Å². The van der Waals surface area contributed by atoms with Crippen molar-refractivity contribution in [2.75, 3.05) is 6.61 Å². The zero-order chi connectivity index (χ0) is 21.7. The van der Waals surface area contributed by atoms with E-state index in [0.29, 0.717) is 6.61 Å². The molecule has 0 N–H and O–H groups in total. The topological polar surface area (TPSA) is 42.4 Å². The van der Waals surface area contributed by atoms with Crippen molar-refractivity contribution in [2.24, 2.45) is 0 Å². The molecule has 3 heterocycles. The molecule has 4 nitrogen and oxygen atoms in total. The Labute approximate surface area is 188 Å². The molecule has 1 aromatic heterocycles. The summed E-state index contributed by atoms with van der Waals surface area (Å²) in [5.41, 5.74) is 8.56. The van der Waals surface area contributed by atoms with Crippen LogP contribution in [0.3, 0.4) is 0 Å². The van der Waals surface area contributed by atoms with Crippen LogP contribution >= 0.6 is 0 Å². The number of rotatable bonds is 3. The lowest BCUT2D eigenvalue weighted by molar-refractivity contribution is 0.0866. The first-order chi connectivity index (χ1) is 15.7. The molecule has 6 rings (SSSR count). The summed E-state index contributed by atoms with van der Waals surface area (Å²) >= 11 is 0. The first-order valence-electron chi connectivity index (χ1n) is 11.5. The maximum Gasteiger partial charge on any atom is 0.410 e. The lowest BCUT2D eigenvalue weighted by atomic mass is 9.94. The molecule has 1 aliphatic carbocycles. The van der Waals surface area contributed by atoms with E-state index >= 15 is 0 Å². The van der Waals surface area contributed by atoms with Crippen molar-refractivity contribution < 1.29 is 9.53 Å². The van der Waals surface area contributed by atoms with Gasteiger partial charge in [0.2, 0.25) is 0 Å². The summed E-state index contributed by atoms with van der Waals surface area (Å²) in [5.74, 6) is 0.0953. The highest BCUT2D eigenvalue weighted by molar-refractivity contribution is 5.79. The molecule has 160 valence electrons. The SMILES string of the molecule is Cc1ncccc1C1=CC2CCC(C1)N2C(=O)OCC1c2ccccc2-c2ccccc21. The number of carbonyl (C=O) groups is 1. The Morgan fingerprint density at radius 2 is 1.66 bits per heavy atom. The molecule has 3 aliphatic rings. The summed E-state index contributed by atoms with van der Waals surface area (Å²) in [6, 6.07) is 21.4. The van der Waals surface area contributed by atoms with Gasteiger partial charge in [0.25, 0.3) is 0 Å². The van der Waals surface area contributed by atoms with Gasteiger partial charge in [-0.25, -0.2) is 4.79 Å². The van der Waals surface area contributed by atoms with E-state index in [2.05, 4.69) is 72.6 Å². The predicted molar refractivity (Wildman–Crippen MR) is 125 cm³/mol. The Hall–Kier alpha value is -3.40. The minimum atomic E-state index is -0.183. The number of pyridine rings is 1. The molecule has 2 unspecified atom stereocenters. The van der Waals surface area contributed by atoms with Gasteiger partial charge >= 0.3 is 6.09 Å². The van der Waals surface area contributed by atoms with Gasteiger partial charge < -0.3 is 4.74 Å². The molecule has 2 aromatic carbocycles. The Morgan fingerprint density at radius 1 is 0.969 bits per heavy atom. The Kier molecular flexibility index (Phi) is 4.60. The molecule has 3 aromatic rings. The molecular weight excluding hydrogens is 396 g/mol. The third-order valence-corrected chi connectivity index (χ3v) is 7.30. The van der Waals surface area contributed by atoms with Gasteiger partial charge in [0.05, 0.1) is 6.04 Å². The van der Waals surface area contributed by atoms with Crippen molar-refractivity contribution in [3.63, 3.8) is 0 Å². The lowest BCUT2D eigenvalue weighted by Crippen LogP contribution is -2.43. The van der Waals surface area contributed by atoms with Crippen molar-refractivity contribution in [2.45, 2.75) is 44.2 Å². The fraction of sp³-hybridized carbons (Fsp3) is 0.286. The van der Waals surface area contributed by atoms with E-state index in [1.165, 1.54) is 33.4 Å². The van der Waals surface area contributed by atoms with Gasteiger partial charge in [-0.1, -0.05) is 60.7 Å². The van der Waals surface area contributed by atoms with Crippen LogP contribution in [0.15, 0.2) is 72.9 Å². The quantitative estimate of drug-likeness (QED) is 0.523. The Morgan fingerprint density at radius 3 is 2.34 bits per heavy atom. The molecule has 0 radical (unpaired) electrons. The van der Waals surface area contributed by atoms with E-state index in [0.717, 1.165) is 25.0 Å². The third-order valence-electron chi connectivity index (χ3n) is 7.30. The molecule has 1 saturated heterocycles. The number of hydrogen-bond donors (Lipinski definition) is 0. The van der Waals surface area contributed by atoms with Gasteiger partial charge in [-0.15, -0.1) is 0 Å². The Balaban J connectivity index is 1.21. The van der Waals surface area contributed by atoms with E-state index < -0.39 is 0 Å². The first-order valence-corrected chi connectivity index (χ1v) is 11.5. The number of fused-ring (bicyclic) bond motifs is 5. The molecule has 1 amide bonds. The van der Waals surface area contributed by atoms with Crippen LogP contribution in [-0.4, -0.2) is 34.7 Å². The van der Waals surface area contributed by atoms with Crippen LogP contribution in [0, 0.1) is 6.92 Å². The predicted octanol–water partition coefficient (Wildman–Crippen LogP) is 5.96. The number of ether oxygens (including phenoxy) is 1.